The molecular weight excluding hydrogens is 212 g/mol. The van der Waals surface area contributed by atoms with E-state index in [4.69, 9.17) is 5.73 Å². The Hall–Kier alpha value is -2.10. The van der Waals surface area contributed by atoms with Gasteiger partial charge in [0.2, 0.25) is 0 Å². The van der Waals surface area contributed by atoms with E-state index in [9.17, 15) is 0 Å². The zero-order valence-electron chi connectivity index (χ0n) is 10.1. The molecule has 2 N–H and O–H groups in total. The average Bonchev–Trinajstić information content (AvgIpc) is 2.34. The van der Waals surface area contributed by atoms with E-state index in [1.807, 2.05) is 32.2 Å². The second kappa shape index (κ2) is 4.82. The van der Waals surface area contributed by atoms with Crippen molar-refractivity contribution in [1.29, 1.82) is 0 Å². The molecule has 0 aliphatic heterocycles. The van der Waals surface area contributed by atoms with Gasteiger partial charge >= 0.3 is 0 Å². The maximum absolute atomic E-state index is 5.88. The molecule has 0 fully saturated rings. The lowest BCUT2D eigenvalue weighted by atomic mass is 10.2. The summed E-state index contributed by atoms with van der Waals surface area (Å²) in [6.07, 6.45) is 5.38. The minimum Gasteiger partial charge on any atom is -0.398 e. The first kappa shape index (κ1) is 11.4. The summed E-state index contributed by atoms with van der Waals surface area (Å²) in [5.74, 6) is 0.880. The summed E-state index contributed by atoms with van der Waals surface area (Å²) in [5.41, 5.74) is 8.85. The monoisotopic (exact) mass is 228 g/mol. The molecule has 0 aliphatic carbocycles. The van der Waals surface area contributed by atoms with Crippen LogP contribution >= 0.6 is 0 Å². The summed E-state index contributed by atoms with van der Waals surface area (Å²) in [6.45, 7) is 2.74. The summed E-state index contributed by atoms with van der Waals surface area (Å²) in [5, 5.41) is 0. The van der Waals surface area contributed by atoms with Crippen LogP contribution in [0, 0.1) is 6.92 Å². The Morgan fingerprint density at radius 3 is 2.65 bits per heavy atom. The largest absolute Gasteiger partial charge is 0.398 e. The molecule has 0 spiro atoms. The van der Waals surface area contributed by atoms with Gasteiger partial charge in [0.1, 0.15) is 5.82 Å². The molecule has 0 saturated carbocycles. The molecule has 0 amide bonds. The van der Waals surface area contributed by atoms with Crippen LogP contribution in [0.1, 0.15) is 11.1 Å². The van der Waals surface area contributed by atoms with Crippen molar-refractivity contribution in [2.75, 3.05) is 17.7 Å². The van der Waals surface area contributed by atoms with E-state index in [1.165, 1.54) is 5.56 Å². The van der Waals surface area contributed by atoms with Gasteiger partial charge in [-0.15, -0.1) is 0 Å². The molecule has 0 atom stereocenters. The van der Waals surface area contributed by atoms with Crippen LogP contribution in [0.15, 0.2) is 36.8 Å². The van der Waals surface area contributed by atoms with E-state index < -0.39 is 0 Å². The Bertz CT molecular complexity index is 496. The number of aryl methyl sites for hydroxylation is 1. The first-order valence-corrected chi connectivity index (χ1v) is 5.49. The molecule has 2 aromatic heterocycles. The number of anilines is 2. The smallest absolute Gasteiger partial charge is 0.130 e. The van der Waals surface area contributed by atoms with Gasteiger partial charge in [0.15, 0.2) is 0 Å². The minimum absolute atomic E-state index is 0.775. The van der Waals surface area contributed by atoms with Gasteiger partial charge < -0.3 is 10.6 Å². The summed E-state index contributed by atoms with van der Waals surface area (Å²) >= 11 is 0. The van der Waals surface area contributed by atoms with Crippen LogP contribution < -0.4 is 10.6 Å². The maximum atomic E-state index is 5.88. The Morgan fingerprint density at radius 1 is 1.29 bits per heavy atom. The van der Waals surface area contributed by atoms with Gasteiger partial charge in [0.05, 0.1) is 0 Å². The summed E-state index contributed by atoms with van der Waals surface area (Å²) in [6, 6.07) is 5.89. The molecule has 2 aromatic rings. The second-order valence-electron chi connectivity index (χ2n) is 4.11. The normalized spacial score (nSPS) is 10.2. The van der Waals surface area contributed by atoms with Crippen LogP contribution in [0.5, 0.6) is 0 Å². The van der Waals surface area contributed by atoms with Crippen molar-refractivity contribution in [3.05, 3.63) is 47.9 Å². The Kier molecular flexibility index (Phi) is 3.23. The molecule has 2 rings (SSSR count). The Morgan fingerprint density at radius 2 is 2.00 bits per heavy atom. The molecule has 88 valence electrons. The SMILES string of the molecule is Cc1cnc(N(C)Cc2ccncc2)cc1N. The van der Waals surface area contributed by atoms with Crippen molar-refractivity contribution in [2.45, 2.75) is 13.5 Å². The molecule has 0 aliphatic rings. The minimum atomic E-state index is 0.775. The molecule has 4 nitrogen and oxygen atoms in total. The van der Waals surface area contributed by atoms with E-state index in [0.29, 0.717) is 0 Å². The van der Waals surface area contributed by atoms with Gasteiger partial charge in [-0.25, -0.2) is 4.98 Å². The van der Waals surface area contributed by atoms with E-state index in [0.717, 1.165) is 23.6 Å². The highest BCUT2D eigenvalue weighted by molar-refractivity contribution is 5.54. The lowest BCUT2D eigenvalue weighted by Crippen LogP contribution is -2.18. The van der Waals surface area contributed by atoms with Gasteiger partial charge in [0, 0.05) is 43.9 Å². The highest BCUT2D eigenvalue weighted by atomic mass is 15.2. The van der Waals surface area contributed by atoms with Gasteiger partial charge in [-0.1, -0.05) is 0 Å². The van der Waals surface area contributed by atoms with E-state index in [2.05, 4.69) is 14.9 Å². The summed E-state index contributed by atoms with van der Waals surface area (Å²) in [7, 11) is 2.00. The highest BCUT2D eigenvalue weighted by Gasteiger charge is 2.05. The van der Waals surface area contributed by atoms with Crippen LogP contribution in [-0.4, -0.2) is 17.0 Å². The van der Waals surface area contributed by atoms with Gasteiger partial charge in [-0.05, 0) is 30.2 Å². The molecule has 0 radical (unpaired) electrons. The molecule has 17 heavy (non-hydrogen) atoms. The average molecular weight is 228 g/mol. The van der Waals surface area contributed by atoms with Gasteiger partial charge in [-0.2, -0.15) is 0 Å². The number of nitrogens with zero attached hydrogens (tertiary/aromatic N) is 3. The molecule has 2 heterocycles. The second-order valence-corrected chi connectivity index (χ2v) is 4.11. The molecule has 0 aromatic carbocycles. The molecule has 0 bridgehead atoms. The number of nitrogens with two attached hydrogens (primary N) is 1. The molecule has 0 saturated heterocycles. The van der Waals surface area contributed by atoms with E-state index in [1.54, 1.807) is 18.6 Å². The zero-order chi connectivity index (χ0) is 12.3. The van der Waals surface area contributed by atoms with Crippen molar-refractivity contribution in [3.63, 3.8) is 0 Å². The Labute approximate surface area is 101 Å². The van der Waals surface area contributed by atoms with Crippen molar-refractivity contribution < 1.29 is 0 Å². The number of pyridine rings is 2. The molecular formula is C13H16N4. The molecule has 0 unspecified atom stereocenters. The van der Waals surface area contributed by atoms with Crippen molar-refractivity contribution in [2.24, 2.45) is 0 Å². The predicted molar refractivity (Wildman–Crippen MR) is 69.7 cm³/mol. The first-order valence-electron chi connectivity index (χ1n) is 5.49. The quantitative estimate of drug-likeness (QED) is 0.873. The van der Waals surface area contributed by atoms with Crippen molar-refractivity contribution in [1.82, 2.24) is 9.97 Å². The third-order valence-electron chi connectivity index (χ3n) is 2.69. The maximum Gasteiger partial charge on any atom is 0.130 e. The highest BCUT2D eigenvalue weighted by Crippen LogP contribution is 2.18. The van der Waals surface area contributed by atoms with Crippen LogP contribution in [0.4, 0.5) is 11.5 Å². The van der Waals surface area contributed by atoms with Crippen LogP contribution in [-0.2, 0) is 6.54 Å². The lowest BCUT2D eigenvalue weighted by Gasteiger charge is -2.18. The third kappa shape index (κ3) is 2.72. The fourth-order valence-corrected chi connectivity index (χ4v) is 1.58. The number of rotatable bonds is 3. The van der Waals surface area contributed by atoms with Gasteiger partial charge in [0.25, 0.3) is 0 Å². The lowest BCUT2D eigenvalue weighted by molar-refractivity contribution is 0.894. The summed E-state index contributed by atoms with van der Waals surface area (Å²) in [4.78, 5) is 10.4. The van der Waals surface area contributed by atoms with E-state index in [-0.39, 0.29) is 0 Å². The Balaban J connectivity index is 2.14. The zero-order valence-corrected chi connectivity index (χ0v) is 10.1. The summed E-state index contributed by atoms with van der Waals surface area (Å²) < 4.78 is 0. The third-order valence-corrected chi connectivity index (χ3v) is 2.69. The van der Waals surface area contributed by atoms with Crippen molar-refractivity contribution >= 4 is 11.5 Å². The van der Waals surface area contributed by atoms with Crippen LogP contribution in [0.2, 0.25) is 0 Å². The van der Waals surface area contributed by atoms with Crippen molar-refractivity contribution in [3.8, 4) is 0 Å². The van der Waals surface area contributed by atoms with Gasteiger partial charge in [-0.3, -0.25) is 4.98 Å². The molecule has 4 heteroatoms. The standard InChI is InChI=1S/C13H16N4/c1-10-8-16-13(7-12(10)14)17(2)9-11-3-5-15-6-4-11/h3-8H,9H2,1-2H3,(H2,14,16). The predicted octanol–water partition coefficient (Wildman–Crippen LogP) is 2.00. The number of hydrogen-bond acceptors (Lipinski definition) is 4. The topological polar surface area (TPSA) is 55.0 Å². The number of aromatic nitrogens is 2. The fourth-order valence-electron chi connectivity index (χ4n) is 1.58. The van der Waals surface area contributed by atoms with Crippen LogP contribution in [0.3, 0.4) is 0 Å². The van der Waals surface area contributed by atoms with Crippen LogP contribution in [0.25, 0.3) is 0 Å². The first-order chi connectivity index (χ1) is 8.16. The number of hydrogen-bond donors (Lipinski definition) is 1. The fraction of sp³-hybridized carbons (Fsp3) is 0.231. The van der Waals surface area contributed by atoms with E-state index >= 15 is 0 Å². The number of nitrogen functional groups attached to an aromatic ring is 1.